The number of pyridine rings is 2. The SMILES string of the molecule is COc1cccc(C(c2c(O)cc(C)[nH]c2=O)c2c(O)cc(C)[nH]c2=O)c1OC. The van der Waals surface area contributed by atoms with Crippen LogP contribution < -0.4 is 20.6 Å². The molecule has 0 amide bonds. The first-order valence-corrected chi connectivity index (χ1v) is 8.84. The summed E-state index contributed by atoms with van der Waals surface area (Å²) in [5.74, 6) is -1.07. The number of para-hydroxylation sites is 1. The highest BCUT2D eigenvalue weighted by atomic mass is 16.5. The van der Waals surface area contributed by atoms with Gasteiger partial charge in [-0.3, -0.25) is 9.59 Å². The van der Waals surface area contributed by atoms with Gasteiger partial charge in [0.25, 0.3) is 11.1 Å². The Labute approximate surface area is 166 Å². The van der Waals surface area contributed by atoms with Gasteiger partial charge in [0.05, 0.1) is 31.3 Å². The molecular formula is C21H22N2O6. The molecule has 3 rings (SSSR count). The molecular weight excluding hydrogens is 376 g/mol. The van der Waals surface area contributed by atoms with E-state index in [1.165, 1.54) is 26.4 Å². The summed E-state index contributed by atoms with van der Waals surface area (Å²) in [4.78, 5) is 30.9. The molecule has 0 fully saturated rings. The Morgan fingerprint density at radius 3 is 1.79 bits per heavy atom. The number of nitrogens with one attached hydrogen (secondary N) is 2. The average Bonchev–Trinajstić information content (AvgIpc) is 2.64. The van der Waals surface area contributed by atoms with Gasteiger partial charge in [0.2, 0.25) is 0 Å². The molecule has 0 unspecified atom stereocenters. The van der Waals surface area contributed by atoms with E-state index in [4.69, 9.17) is 9.47 Å². The summed E-state index contributed by atoms with van der Waals surface area (Å²) in [6.45, 7) is 3.25. The number of aromatic hydroxyl groups is 2. The Hall–Kier alpha value is -3.68. The molecule has 2 heterocycles. The highest BCUT2D eigenvalue weighted by Gasteiger charge is 2.32. The van der Waals surface area contributed by atoms with Gasteiger partial charge in [-0.1, -0.05) is 12.1 Å². The predicted octanol–water partition coefficient (Wildman–Crippen LogP) is 2.29. The fraction of sp³-hybridized carbons (Fsp3) is 0.238. The van der Waals surface area contributed by atoms with Gasteiger partial charge in [0, 0.05) is 17.0 Å². The van der Waals surface area contributed by atoms with Crippen molar-refractivity contribution in [2.75, 3.05) is 14.2 Å². The zero-order valence-electron chi connectivity index (χ0n) is 16.5. The number of hydrogen-bond acceptors (Lipinski definition) is 6. The second kappa shape index (κ2) is 7.75. The van der Waals surface area contributed by atoms with Crippen LogP contribution in [0.1, 0.15) is 34.0 Å². The van der Waals surface area contributed by atoms with Gasteiger partial charge >= 0.3 is 0 Å². The molecule has 0 atom stereocenters. The molecule has 152 valence electrons. The molecule has 29 heavy (non-hydrogen) atoms. The summed E-state index contributed by atoms with van der Waals surface area (Å²) in [7, 11) is 2.89. The number of hydrogen-bond donors (Lipinski definition) is 4. The zero-order valence-corrected chi connectivity index (χ0v) is 16.5. The highest BCUT2D eigenvalue weighted by molar-refractivity contribution is 5.58. The number of methoxy groups -OCH3 is 2. The van der Waals surface area contributed by atoms with E-state index in [-0.39, 0.29) is 28.4 Å². The summed E-state index contributed by atoms with van der Waals surface area (Å²) in [5, 5.41) is 21.2. The minimum atomic E-state index is -1.12. The molecule has 0 bridgehead atoms. The highest BCUT2D eigenvalue weighted by Crippen LogP contribution is 2.43. The number of rotatable bonds is 5. The summed E-state index contributed by atoms with van der Waals surface area (Å²) in [6, 6.07) is 7.75. The summed E-state index contributed by atoms with van der Waals surface area (Å²) in [6.07, 6.45) is 0. The lowest BCUT2D eigenvalue weighted by molar-refractivity contribution is 0.350. The van der Waals surface area contributed by atoms with Crippen molar-refractivity contribution in [3.8, 4) is 23.0 Å². The fourth-order valence-corrected chi connectivity index (χ4v) is 3.52. The third-order valence-corrected chi connectivity index (χ3v) is 4.69. The molecule has 8 heteroatoms. The lowest BCUT2D eigenvalue weighted by Gasteiger charge is -2.22. The van der Waals surface area contributed by atoms with Crippen molar-refractivity contribution >= 4 is 0 Å². The van der Waals surface area contributed by atoms with E-state index < -0.39 is 17.0 Å². The van der Waals surface area contributed by atoms with Gasteiger partial charge in [0.15, 0.2) is 11.5 Å². The molecule has 3 aromatic rings. The quantitative estimate of drug-likeness (QED) is 0.523. The summed E-state index contributed by atoms with van der Waals surface area (Å²) >= 11 is 0. The molecule has 8 nitrogen and oxygen atoms in total. The number of H-pyrrole nitrogens is 2. The Balaban J connectivity index is 2.47. The molecule has 4 N–H and O–H groups in total. The first-order valence-electron chi connectivity index (χ1n) is 8.84. The summed E-state index contributed by atoms with van der Waals surface area (Å²) in [5.41, 5.74) is -0.0717. The van der Waals surface area contributed by atoms with E-state index in [9.17, 15) is 19.8 Å². The van der Waals surface area contributed by atoms with Crippen LogP contribution in [0.15, 0.2) is 39.9 Å². The monoisotopic (exact) mass is 398 g/mol. The maximum Gasteiger partial charge on any atom is 0.256 e. The second-order valence-corrected chi connectivity index (χ2v) is 6.68. The Morgan fingerprint density at radius 2 is 1.38 bits per heavy atom. The van der Waals surface area contributed by atoms with E-state index >= 15 is 0 Å². The Bertz CT molecular complexity index is 1110. The minimum Gasteiger partial charge on any atom is -0.507 e. The third-order valence-electron chi connectivity index (χ3n) is 4.69. The molecule has 0 aliphatic carbocycles. The van der Waals surface area contributed by atoms with Crippen LogP contribution in [-0.4, -0.2) is 34.4 Å². The zero-order chi connectivity index (χ0) is 21.3. The van der Waals surface area contributed by atoms with E-state index in [0.717, 1.165) is 0 Å². The topological polar surface area (TPSA) is 125 Å². The lowest BCUT2D eigenvalue weighted by atomic mass is 9.84. The second-order valence-electron chi connectivity index (χ2n) is 6.68. The maximum atomic E-state index is 12.8. The van der Waals surface area contributed by atoms with Crippen molar-refractivity contribution in [2.24, 2.45) is 0 Å². The van der Waals surface area contributed by atoms with E-state index in [1.54, 1.807) is 32.0 Å². The first-order chi connectivity index (χ1) is 13.8. The average molecular weight is 398 g/mol. The van der Waals surface area contributed by atoms with Crippen molar-refractivity contribution in [3.63, 3.8) is 0 Å². The van der Waals surface area contributed by atoms with Gasteiger partial charge in [-0.05, 0) is 32.0 Å². The fourth-order valence-electron chi connectivity index (χ4n) is 3.52. The van der Waals surface area contributed by atoms with Crippen molar-refractivity contribution in [2.45, 2.75) is 19.8 Å². The number of aromatic nitrogens is 2. The molecule has 1 aromatic carbocycles. The molecule has 0 aliphatic rings. The number of ether oxygens (including phenoxy) is 2. The van der Waals surface area contributed by atoms with Crippen molar-refractivity contribution in [1.29, 1.82) is 0 Å². The van der Waals surface area contributed by atoms with Crippen LogP contribution in [0, 0.1) is 13.8 Å². The molecule has 0 aliphatic heterocycles. The van der Waals surface area contributed by atoms with Crippen LogP contribution in [0.3, 0.4) is 0 Å². The molecule has 2 aromatic heterocycles. The minimum absolute atomic E-state index is 0.0909. The van der Waals surface area contributed by atoms with Crippen LogP contribution in [0.25, 0.3) is 0 Å². The van der Waals surface area contributed by atoms with Gasteiger partial charge in [0.1, 0.15) is 11.5 Å². The normalized spacial score (nSPS) is 10.9. The van der Waals surface area contributed by atoms with Crippen LogP contribution in [0.5, 0.6) is 23.0 Å². The summed E-state index contributed by atoms with van der Waals surface area (Å²) < 4.78 is 10.8. The molecule has 0 radical (unpaired) electrons. The van der Waals surface area contributed by atoms with Crippen LogP contribution >= 0.6 is 0 Å². The van der Waals surface area contributed by atoms with Gasteiger partial charge in [-0.25, -0.2) is 0 Å². The molecule has 0 spiro atoms. The number of aryl methyl sites for hydroxylation is 2. The Morgan fingerprint density at radius 1 is 0.862 bits per heavy atom. The van der Waals surface area contributed by atoms with Crippen molar-refractivity contribution in [1.82, 2.24) is 9.97 Å². The lowest BCUT2D eigenvalue weighted by Crippen LogP contribution is -2.25. The predicted molar refractivity (Wildman–Crippen MR) is 107 cm³/mol. The maximum absolute atomic E-state index is 12.8. The van der Waals surface area contributed by atoms with Gasteiger partial charge in [-0.15, -0.1) is 0 Å². The molecule has 0 saturated heterocycles. The van der Waals surface area contributed by atoms with E-state index in [2.05, 4.69) is 9.97 Å². The van der Waals surface area contributed by atoms with Crippen molar-refractivity contribution in [3.05, 3.63) is 79.1 Å². The van der Waals surface area contributed by atoms with Gasteiger partial charge < -0.3 is 29.7 Å². The first kappa shape index (κ1) is 20.1. The van der Waals surface area contributed by atoms with Crippen LogP contribution in [0.4, 0.5) is 0 Å². The third kappa shape index (κ3) is 3.56. The Kier molecular flexibility index (Phi) is 5.36. The van der Waals surface area contributed by atoms with Crippen molar-refractivity contribution < 1.29 is 19.7 Å². The number of aromatic amines is 2. The van der Waals surface area contributed by atoms with E-state index in [0.29, 0.717) is 22.7 Å². The largest absolute Gasteiger partial charge is 0.507 e. The van der Waals surface area contributed by atoms with E-state index in [1.807, 2.05) is 0 Å². The molecule has 0 saturated carbocycles. The smallest absolute Gasteiger partial charge is 0.256 e. The van der Waals surface area contributed by atoms with Crippen LogP contribution in [0.2, 0.25) is 0 Å². The van der Waals surface area contributed by atoms with Gasteiger partial charge in [-0.2, -0.15) is 0 Å². The number of benzene rings is 1. The standard InChI is InChI=1S/C21H22N2O6/c1-10-8-13(24)17(20(26)22-10)16(18-14(25)9-11(2)23-21(18)27)12-6-5-7-15(28-3)19(12)29-4/h5-9,16H,1-4H3,(H2,22,24,26)(H2,23,25,27). The van der Waals surface area contributed by atoms with Crippen LogP contribution in [-0.2, 0) is 0 Å².